The molecule has 1 N–H and O–H groups in total. The Labute approximate surface area is 126 Å². The number of methoxy groups -OCH3 is 1. The number of aliphatic hydroxyl groups excluding tert-OH is 1. The number of hydrogen-bond acceptors (Lipinski definition) is 4. The van der Waals surface area contributed by atoms with Crippen LogP contribution in [0.25, 0.3) is 0 Å². The third-order valence-corrected chi connectivity index (χ3v) is 4.22. The van der Waals surface area contributed by atoms with Gasteiger partial charge in [-0.1, -0.05) is 18.2 Å². The number of rotatable bonds is 1. The highest BCUT2D eigenvalue weighted by molar-refractivity contribution is 5.56. The van der Waals surface area contributed by atoms with Crippen molar-refractivity contribution in [2.24, 2.45) is 0 Å². The van der Waals surface area contributed by atoms with Crippen LogP contribution < -0.4 is 9.47 Å². The lowest BCUT2D eigenvalue weighted by Crippen LogP contribution is -2.28. The molecule has 114 valence electrons. The molecule has 1 aromatic rings. The number of benzene rings is 1. The first kappa shape index (κ1) is 14.4. The zero-order chi connectivity index (χ0) is 14.8. The molecule has 1 unspecified atom stereocenters. The summed E-state index contributed by atoms with van der Waals surface area (Å²) in [6.07, 6.45) is 6.21. The largest absolute Gasteiger partial charge is 0.493 e. The highest BCUT2D eigenvalue weighted by Crippen LogP contribution is 2.50. The summed E-state index contributed by atoms with van der Waals surface area (Å²) in [5.41, 5.74) is 2.48. The first-order valence-corrected chi connectivity index (χ1v) is 7.58. The molecule has 0 bridgehead atoms. The van der Waals surface area contributed by atoms with Crippen LogP contribution in [-0.4, -0.2) is 36.8 Å². The molecule has 2 atom stereocenters. The van der Waals surface area contributed by atoms with Crippen molar-refractivity contribution in [3.63, 3.8) is 0 Å². The van der Waals surface area contributed by atoms with E-state index in [0.29, 0.717) is 6.42 Å². The third-order valence-electron chi connectivity index (χ3n) is 4.22. The molecule has 0 radical (unpaired) electrons. The molecule has 2 aliphatic rings. The number of hydrogen-bond donors (Lipinski definition) is 1. The second-order valence-electron chi connectivity index (χ2n) is 5.89. The van der Waals surface area contributed by atoms with Crippen molar-refractivity contribution in [2.45, 2.75) is 38.0 Å². The van der Waals surface area contributed by atoms with Crippen molar-refractivity contribution in [2.75, 3.05) is 20.7 Å². The third kappa shape index (κ3) is 2.92. The highest BCUT2D eigenvalue weighted by atomic mass is 16.5. The van der Waals surface area contributed by atoms with Crippen LogP contribution in [0.15, 0.2) is 24.3 Å². The number of allylic oxidation sites excluding steroid dienone is 1. The van der Waals surface area contributed by atoms with Gasteiger partial charge in [-0.15, -0.1) is 0 Å². The minimum absolute atomic E-state index is 0.0300. The summed E-state index contributed by atoms with van der Waals surface area (Å²) < 4.78 is 11.2. The number of ether oxygens (including phenoxy) is 2. The van der Waals surface area contributed by atoms with E-state index in [1.165, 1.54) is 11.1 Å². The Morgan fingerprint density at radius 2 is 2.24 bits per heavy atom. The smallest absolute Gasteiger partial charge is 0.169 e. The molecular weight excluding hydrogens is 266 g/mol. The lowest BCUT2D eigenvalue weighted by molar-refractivity contribution is 0.0797. The SMILES string of the molecule is COc1ccc2c3c1OC3C[C@@H](O)/C=C\CCCN(C)C2. The normalized spacial score (nSPS) is 27.4. The minimum atomic E-state index is -0.445. The fraction of sp³-hybridized carbons (Fsp3) is 0.529. The first-order chi connectivity index (χ1) is 10.2. The lowest BCUT2D eigenvalue weighted by atomic mass is 9.91. The van der Waals surface area contributed by atoms with E-state index in [1.54, 1.807) is 7.11 Å². The summed E-state index contributed by atoms with van der Waals surface area (Å²) in [5, 5.41) is 10.1. The molecule has 2 heterocycles. The summed E-state index contributed by atoms with van der Waals surface area (Å²) in [5.74, 6) is 1.63. The van der Waals surface area contributed by atoms with Crippen molar-refractivity contribution in [1.29, 1.82) is 0 Å². The fourth-order valence-corrected chi connectivity index (χ4v) is 3.10. The molecule has 1 aromatic carbocycles. The second-order valence-corrected chi connectivity index (χ2v) is 5.89. The Morgan fingerprint density at radius 1 is 1.38 bits per heavy atom. The van der Waals surface area contributed by atoms with E-state index in [9.17, 15) is 5.11 Å². The predicted octanol–water partition coefficient (Wildman–Crippen LogP) is 2.66. The topological polar surface area (TPSA) is 41.9 Å². The molecule has 0 saturated carbocycles. The van der Waals surface area contributed by atoms with E-state index in [4.69, 9.17) is 9.47 Å². The number of aliphatic hydroxyl groups is 1. The van der Waals surface area contributed by atoms with Crippen LogP contribution in [-0.2, 0) is 6.54 Å². The quantitative estimate of drug-likeness (QED) is 0.807. The Balaban J connectivity index is 1.92. The van der Waals surface area contributed by atoms with Crippen LogP contribution in [0.2, 0.25) is 0 Å². The summed E-state index contributed by atoms with van der Waals surface area (Å²) >= 11 is 0. The molecule has 4 nitrogen and oxygen atoms in total. The molecule has 0 aliphatic carbocycles. The van der Waals surface area contributed by atoms with Crippen molar-refractivity contribution in [3.8, 4) is 11.5 Å². The van der Waals surface area contributed by atoms with Crippen molar-refractivity contribution in [3.05, 3.63) is 35.4 Å². The molecule has 0 aromatic heterocycles. The highest BCUT2D eigenvalue weighted by Gasteiger charge is 2.35. The van der Waals surface area contributed by atoms with Gasteiger partial charge in [0.2, 0.25) is 0 Å². The van der Waals surface area contributed by atoms with Crippen molar-refractivity contribution >= 4 is 0 Å². The van der Waals surface area contributed by atoms with Gasteiger partial charge in [0, 0.05) is 18.5 Å². The van der Waals surface area contributed by atoms with Gasteiger partial charge in [0.05, 0.1) is 13.2 Å². The maximum atomic E-state index is 10.1. The Hall–Kier alpha value is -1.52. The van der Waals surface area contributed by atoms with Gasteiger partial charge in [0.1, 0.15) is 6.10 Å². The van der Waals surface area contributed by atoms with E-state index < -0.39 is 6.10 Å². The molecule has 21 heavy (non-hydrogen) atoms. The van der Waals surface area contributed by atoms with Crippen LogP contribution in [0.1, 0.15) is 36.5 Å². The van der Waals surface area contributed by atoms with Crippen molar-refractivity contribution in [1.82, 2.24) is 4.90 Å². The minimum Gasteiger partial charge on any atom is -0.493 e. The number of nitrogens with zero attached hydrogens (tertiary/aromatic N) is 1. The first-order valence-electron chi connectivity index (χ1n) is 7.58. The summed E-state index contributed by atoms with van der Waals surface area (Å²) in [6, 6.07) is 4.10. The Kier molecular flexibility index (Phi) is 4.17. The average molecular weight is 289 g/mol. The van der Waals surface area contributed by atoms with E-state index in [0.717, 1.165) is 37.4 Å². The molecule has 0 spiro atoms. The van der Waals surface area contributed by atoms with E-state index in [-0.39, 0.29) is 6.10 Å². The van der Waals surface area contributed by atoms with Crippen LogP contribution in [0, 0.1) is 0 Å². The summed E-state index contributed by atoms with van der Waals surface area (Å²) in [4.78, 5) is 2.34. The zero-order valence-corrected chi connectivity index (χ0v) is 12.7. The van der Waals surface area contributed by atoms with Gasteiger partial charge >= 0.3 is 0 Å². The molecule has 0 fully saturated rings. The molecule has 0 saturated heterocycles. The van der Waals surface area contributed by atoms with E-state index in [2.05, 4.69) is 24.1 Å². The van der Waals surface area contributed by atoms with Gasteiger partial charge < -0.3 is 19.5 Å². The van der Waals surface area contributed by atoms with Gasteiger partial charge in [-0.25, -0.2) is 0 Å². The van der Waals surface area contributed by atoms with Gasteiger partial charge in [-0.3, -0.25) is 0 Å². The molecule has 4 heteroatoms. The molecule has 2 aliphatic heterocycles. The summed E-state index contributed by atoms with van der Waals surface area (Å²) in [7, 11) is 3.81. The lowest BCUT2D eigenvalue weighted by Gasteiger charge is -2.36. The van der Waals surface area contributed by atoms with E-state index >= 15 is 0 Å². The van der Waals surface area contributed by atoms with Crippen molar-refractivity contribution < 1.29 is 14.6 Å². The average Bonchev–Trinajstić information content (AvgIpc) is 2.43. The molecule has 0 amide bonds. The molecular formula is C17H23NO3. The van der Waals surface area contributed by atoms with Crippen LogP contribution in [0.5, 0.6) is 11.5 Å². The summed E-state index contributed by atoms with van der Waals surface area (Å²) in [6.45, 7) is 1.96. The molecule has 3 rings (SSSR count). The van der Waals surface area contributed by atoms with Gasteiger partial charge in [0.15, 0.2) is 11.5 Å². The Bertz CT molecular complexity index is 541. The van der Waals surface area contributed by atoms with Gasteiger partial charge in [-0.2, -0.15) is 0 Å². The fourth-order valence-electron chi connectivity index (χ4n) is 3.10. The van der Waals surface area contributed by atoms with E-state index in [1.807, 2.05) is 12.1 Å². The van der Waals surface area contributed by atoms with Gasteiger partial charge in [-0.05, 0) is 38.1 Å². The maximum absolute atomic E-state index is 10.1. The predicted molar refractivity (Wildman–Crippen MR) is 81.7 cm³/mol. The van der Waals surface area contributed by atoms with Crippen LogP contribution in [0.3, 0.4) is 0 Å². The zero-order valence-electron chi connectivity index (χ0n) is 12.7. The Morgan fingerprint density at radius 3 is 3.05 bits per heavy atom. The maximum Gasteiger partial charge on any atom is 0.169 e. The van der Waals surface area contributed by atoms with Gasteiger partial charge in [0.25, 0.3) is 0 Å². The second kappa shape index (κ2) is 6.08. The van der Waals surface area contributed by atoms with Crippen LogP contribution >= 0.6 is 0 Å². The van der Waals surface area contributed by atoms with Crippen LogP contribution in [0.4, 0.5) is 0 Å². The standard InChI is InChI=1S/C17H23NO3/c1-18-9-5-3-4-6-13(19)10-15-16-12(11-18)7-8-14(20-2)17(16)21-15/h4,6-8,13,15,19H,3,5,9-11H2,1-2H3/b6-4-/t13-,15?/m0/s1. The monoisotopic (exact) mass is 289 g/mol.